The fourth-order valence-electron chi connectivity index (χ4n) is 1.53. The number of para-hydroxylation sites is 1. The Kier molecular flexibility index (Phi) is 2.50. The number of methoxy groups -OCH3 is 1. The van der Waals surface area contributed by atoms with E-state index in [0.717, 1.165) is 0 Å². The van der Waals surface area contributed by atoms with Gasteiger partial charge in [-0.25, -0.2) is 0 Å². The Bertz CT molecular complexity index is 426. The van der Waals surface area contributed by atoms with Crippen molar-refractivity contribution >= 4 is 11.6 Å². The molecule has 16 heavy (non-hydrogen) atoms. The maximum atomic E-state index is 11.9. The van der Waals surface area contributed by atoms with E-state index in [1.54, 1.807) is 13.2 Å². The van der Waals surface area contributed by atoms with E-state index in [2.05, 4.69) is 5.32 Å². The molecule has 1 amide bonds. The highest BCUT2D eigenvalue weighted by Gasteiger charge is 2.33. The second kappa shape index (κ2) is 3.70. The number of carbonyl (C=O) groups excluding carboxylic acids is 1. The lowest BCUT2D eigenvalue weighted by Crippen LogP contribution is -2.33. The van der Waals surface area contributed by atoms with Gasteiger partial charge in [0.2, 0.25) is 5.91 Å². The molecule has 4 heteroatoms. The minimum Gasteiger partial charge on any atom is -0.494 e. The van der Waals surface area contributed by atoms with E-state index < -0.39 is 5.41 Å². The van der Waals surface area contributed by atoms with Crippen molar-refractivity contribution in [2.75, 3.05) is 19.0 Å². The van der Waals surface area contributed by atoms with E-state index in [0.29, 0.717) is 23.8 Å². The normalized spacial score (nSPS) is 17.8. The lowest BCUT2D eigenvalue weighted by atomic mass is 9.94. The van der Waals surface area contributed by atoms with Crippen LogP contribution in [0.2, 0.25) is 0 Å². The van der Waals surface area contributed by atoms with Gasteiger partial charge < -0.3 is 14.8 Å². The van der Waals surface area contributed by atoms with Crippen LogP contribution >= 0.6 is 0 Å². The Morgan fingerprint density at radius 1 is 1.44 bits per heavy atom. The predicted octanol–water partition coefficient (Wildman–Crippen LogP) is 2.05. The lowest BCUT2D eigenvalue weighted by molar-refractivity contribution is -0.124. The molecule has 0 aromatic heterocycles. The molecular formula is C12H15NO3. The first-order chi connectivity index (χ1) is 7.54. The number of fused-ring (bicyclic) bond motifs is 1. The number of anilines is 1. The molecule has 0 saturated heterocycles. The van der Waals surface area contributed by atoms with Gasteiger partial charge in [-0.05, 0) is 26.0 Å². The van der Waals surface area contributed by atoms with Crippen LogP contribution in [-0.4, -0.2) is 19.6 Å². The second-order valence-corrected chi connectivity index (χ2v) is 4.46. The molecule has 0 fully saturated rings. The predicted molar refractivity (Wildman–Crippen MR) is 60.9 cm³/mol. The number of hydrogen-bond acceptors (Lipinski definition) is 3. The molecule has 0 saturated carbocycles. The molecule has 0 spiro atoms. The summed E-state index contributed by atoms with van der Waals surface area (Å²) in [5.74, 6) is 1.21. The number of carbonyl (C=O) groups is 1. The quantitative estimate of drug-likeness (QED) is 0.789. The number of ether oxygens (including phenoxy) is 2. The summed E-state index contributed by atoms with van der Waals surface area (Å²) < 4.78 is 10.8. The van der Waals surface area contributed by atoms with Gasteiger partial charge in [-0.15, -0.1) is 0 Å². The molecule has 1 aliphatic heterocycles. The van der Waals surface area contributed by atoms with Crippen molar-refractivity contribution in [1.29, 1.82) is 0 Å². The van der Waals surface area contributed by atoms with Crippen LogP contribution in [0, 0.1) is 5.41 Å². The Hall–Kier alpha value is -1.71. The van der Waals surface area contributed by atoms with Crippen LogP contribution in [0.3, 0.4) is 0 Å². The zero-order valence-electron chi connectivity index (χ0n) is 9.66. The summed E-state index contributed by atoms with van der Waals surface area (Å²) in [6.07, 6.45) is 0. The molecule has 1 N–H and O–H groups in total. The van der Waals surface area contributed by atoms with Crippen molar-refractivity contribution in [3.8, 4) is 11.5 Å². The Morgan fingerprint density at radius 2 is 2.19 bits per heavy atom. The maximum Gasteiger partial charge on any atom is 0.233 e. The summed E-state index contributed by atoms with van der Waals surface area (Å²) in [7, 11) is 1.57. The lowest BCUT2D eigenvalue weighted by Gasteiger charge is -2.18. The molecule has 0 atom stereocenters. The van der Waals surface area contributed by atoms with Gasteiger partial charge in [-0.2, -0.15) is 0 Å². The van der Waals surface area contributed by atoms with Crippen molar-refractivity contribution in [1.82, 2.24) is 0 Å². The highest BCUT2D eigenvalue weighted by atomic mass is 16.5. The van der Waals surface area contributed by atoms with Crippen molar-refractivity contribution in [2.45, 2.75) is 13.8 Å². The molecule has 1 aliphatic rings. The average Bonchev–Trinajstić information content (AvgIpc) is 2.37. The second-order valence-electron chi connectivity index (χ2n) is 4.46. The Morgan fingerprint density at radius 3 is 2.88 bits per heavy atom. The highest BCUT2D eigenvalue weighted by Crippen LogP contribution is 2.38. The number of benzene rings is 1. The zero-order chi connectivity index (χ0) is 11.8. The van der Waals surface area contributed by atoms with Crippen LogP contribution in [0.5, 0.6) is 11.5 Å². The molecular weight excluding hydrogens is 206 g/mol. The smallest absolute Gasteiger partial charge is 0.233 e. The van der Waals surface area contributed by atoms with Crippen LogP contribution in [0.1, 0.15) is 13.8 Å². The molecule has 1 aromatic rings. The first-order valence-corrected chi connectivity index (χ1v) is 5.16. The van der Waals surface area contributed by atoms with Gasteiger partial charge in [0.25, 0.3) is 0 Å². The van der Waals surface area contributed by atoms with E-state index in [1.807, 2.05) is 26.0 Å². The highest BCUT2D eigenvalue weighted by molar-refractivity contribution is 5.98. The van der Waals surface area contributed by atoms with Gasteiger partial charge in [0.15, 0.2) is 0 Å². The molecule has 86 valence electrons. The maximum absolute atomic E-state index is 11.9. The van der Waals surface area contributed by atoms with E-state index in [4.69, 9.17) is 9.47 Å². The fourth-order valence-corrected chi connectivity index (χ4v) is 1.53. The fraction of sp³-hybridized carbons (Fsp3) is 0.417. The minimum atomic E-state index is -0.538. The molecule has 2 rings (SSSR count). The third-order valence-corrected chi connectivity index (χ3v) is 2.65. The van der Waals surface area contributed by atoms with Crippen LogP contribution in [-0.2, 0) is 4.79 Å². The standard InChI is InChI=1S/C12H15NO3/c1-12(2)7-16-9-6-4-5-8(15-3)10(9)13-11(12)14/h4-6H,7H2,1-3H3,(H,13,14). The third-order valence-electron chi connectivity index (χ3n) is 2.65. The summed E-state index contributed by atoms with van der Waals surface area (Å²) in [5, 5.41) is 2.84. The van der Waals surface area contributed by atoms with Crippen LogP contribution in [0.4, 0.5) is 5.69 Å². The molecule has 0 unspecified atom stereocenters. The first kappa shape index (κ1) is 10.8. The van der Waals surface area contributed by atoms with Crippen molar-refractivity contribution in [3.05, 3.63) is 18.2 Å². The van der Waals surface area contributed by atoms with Gasteiger partial charge in [0, 0.05) is 0 Å². The van der Waals surface area contributed by atoms with E-state index >= 15 is 0 Å². The summed E-state index contributed by atoms with van der Waals surface area (Å²) in [4.78, 5) is 11.9. The Balaban J connectivity index is 2.45. The van der Waals surface area contributed by atoms with Crippen LogP contribution in [0.25, 0.3) is 0 Å². The minimum absolute atomic E-state index is 0.0595. The molecule has 0 bridgehead atoms. The molecule has 1 aromatic carbocycles. The third kappa shape index (κ3) is 1.71. The van der Waals surface area contributed by atoms with Crippen molar-refractivity contribution in [3.63, 3.8) is 0 Å². The number of amides is 1. The topological polar surface area (TPSA) is 47.6 Å². The van der Waals surface area contributed by atoms with Gasteiger partial charge in [-0.1, -0.05) is 6.07 Å². The van der Waals surface area contributed by atoms with E-state index in [1.165, 1.54) is 0 Å². The van der Waals surface area contributed by atoms with E-state index in [9.17, 15) is 4.79 Å². The van der Waals surface area contributed by atoms with Crippen LogP contribution < -0.4 is 14.8 Å². The first-order valence-electron chi connectivity index (χ1n) is 5.16. The zero-order valence-corrected chi connectivity index (χ0v) is 9.66. The monoisotopic (exact) mass is 221 g/mol. The largest absolute Gasteiger partial charge is 0.494 e. The number of rotatable bonds is 1. The van der Waals surface area contributed by atoms with Gasteiger partial charge in [0.05, 0.1) is 12.5 Å². The van der Waals surface area contributed by atoms with E-state index in [-0.39, 0.29) is 5.91 Å². The molecule has 0 aliphatic carbocycles. The summed E-state index contributed by atoms with van der Waals surface area (Å²) in [6.45, 7) is 4.06. The molecule has 1 heterocycles. The summed E-state index contributed by atoms with van der Waals surface area (Å²) in [6, 6.07) is 5.45. The molecule has 0 radical (unpaired) electrons. The van der Waals surface area contributed by atoms with Gasteiger partial charge in [0.1, 0.15) is 23.8 Å². The van der Waals surface area contributed by atoms with Gasteiger partial charge >= 0.3 is 0 Å². The van der Waals surface area contributed by atoms with Gasteiger partial charge in [-0.3, -0.25) is 4.79 Å². The Labute approximate surface area is 94.6 Å². The molecule has 4 nitrogen and oxygen atoms in total. The number of nitrogens with one attached hydrogen (secondary N) is 1. The van der Waals surface area contributed by atoms with Crippen molar-refractivity contribution in [2.24, 2.45) is 5.41 Å². The number of hydrogen-bond donors (Lipinski definition) is 1. The summed E-state index contributed by atoms with van der Waals surface area (Å²) in [5.41, 5.74) is 0.0740. The van der Waals surface area contributed by atoms with Crippen molar-refractivity contribution < 1.29 is 14.3 Å². The summed E-state index contributed by atoms with van der Waals surface area (Å²) >= 11 is 0. The van der Waals surface area contributed by atoms with Crippen LogP contribution in [0.15, 0.2) is 18.2 Å². The average molecular weight is 221 g/mol. The SMILES string of the molecule is COc1cccc2c1NC(=O)C(C)(C)CO2.